The molecule has 0 N–H and O–H groups in total. The number of hydrogen-bond donors (Lipinski definition) is 0. The normalized spacial score (nSPS) is 11.3. The summed E-state index contributed by atoms with van der Waals surface area (Å²) < 4.78 is 49.1. The molecule has 0 bridgehead atoms. The second-order valence-electron chi connectivity index (χ2n) is 7.57. The molecule has 0 saturated heterocycles. The van der Waals surface area contributed by atoms with Crippen LogP contribution in [0.3, 0.4) is 0 Å². The quantitative estimate of drug-likeness (QED) is 0.448. The van der Waals surface area contributed by atoms with Gasteiger partial charge in [0.1, 0.15) is 5.75 Å². The Bertz CT molecular complexity index is 1080. The lowest BCUT2D eigenvalue weighted by Crippen LogP contribution is -2.41. The summed E-state index contributed by atoms with van der Waals surface area (Å²) in [5.41, 5.74) is 1.46. The highest BCUT2D eigenvalue weighted by Gasteiger charge is 2.27. The molecule has 0 spiro atoms. The van der Waals surface area contributed by atoms with E-state index in [1.807, 2.05) is 6.92 Å². The van der Waals surface area contributed by atoms with E-state index in [9.17, 15) is 13.2 Å². The van der Waals surface area contributed by atoms with Gasteiger partial charge >= 0.3 is 0 Å². The van der Waals surface area contributed by atoms with Gasteiger partial charge in [-0.1, -0.05) is 6.92 Å². The fraction of sp³-hybridized carbons (Fsp3) is 0.458. The molecule has 9 nitrogen and oxygen atoms in total. The minimum atomic E-state index is -3.86. The number of amides is 1. The molecular weight excluding hydrogens is 460 g/mol. The Morgan fingerprint density at radius 3 is 2.03 bits per heavy atom. The fourth-order valence-electron chi connectivity index (χ4n) is 3.48. The van der Waals surface area contributed by atoms with Crippen molar-refractivity contribution in [2.45, 2.75) is 32.2 Å². The number of sulfonamides is 1. The summed E-state index contributed by atoms with van der Waals surface area (Å²) in [7, 11) is 2.30. The minimum absolute atomic E-state index is 0.121. The van der Waals surface area contributed by atoms with Gasteiger partial charge in [0, 0.05) is 20.1 Å². The molecule has 0 fully saturated rings. The summed E-state index contributed by atoms with van der Waals surface area (Å²) in [5.74, 6) is 1.69. The Morgan fingerprint density at radius 2 is 1.56 bits per heavy atom. The van der Waals surface area contributed by atoms with E-state index < -0.39 is 10.0 Å². The SMILES string of the molecule is CCOc1ccc(S(=O)(=O)N(CC)CC(=O)N(C)Cc2cc(OC)c(OC)c(OC)c2)cc1C. The second-order valence-corrected chi connectivity index (χ2v) is 9.51. The van der Waals surface area contributed by atoms with Crippen molar-refractivity contribution in [3.8, 4) is 23.0 Å². The number of hydrogen-bond acceptors (Lipinski definition) is 7. The van der Waals surface area contributed by atoms with Crippen LogP contribution in [-0.4, -0.2) is 71.6 Å². The Morgan fingerprint density at radius 1 is 0.941 bits per heavy atom. The molecule has 0 aliphatic carbocycles. The average molecular weight is 495 g/mol. The number of ether oxygens (including phenoxy) is 4. The van der Waals surface area contributed by atoms with Crippen LogP contribution < -0.4 is 18.9 Å². The van der Waals surface area contributed by atoms with Crippen molar-refractivity contribution in [1.29, 1.82) is 0 Å². The first kappa shape index (κ1) is 27.3. The second kappa shape index (κ2) is 11.9. The van der Waals surface area contributed by atoms with Gasteiger partial charge < -0.3 is 23.8 Å². The number of aryl methyl sites for hydroxylation is 1. The largest absolute Gasteiger partial charge is 0.494 e. The minimum Gasteiger partial charge on any atom is -0.494 e. The lowest BCUT2D eigenvalue weighted by molar-refractivity contribution is -0.130. The molecular formula is C24H34N2O7S. The molecule has 34 heavy (non-hydrogen) atoms. The number of methoxy groups -OCH3 is 3. The molecule has 2 rings (SSSR count). The number of benzene rings is 2. The van der Waals surface area contributed by atoms with E-state index >= 15 is 0 Å². The van der Waals surface area contributed by atoms with Gasteiger partial charge in [-0.25, -0.2) is 8.42 Å². The first-order valence-electron chi connectivity index (χ1n) is 10.9. The summed E-state index contributed by atoms with van der Waals surface area (Å²) in [6.07, 6.45) is 0. The van der Waals surface area contributed by atoms with Crippen LogP contribution in [0.1, 0.15) is 25.0 Å². The lowest BCUT2D eigenvalue weighted by Gasteiger charge is -2.24. The molecule has 0 unspecified atom stereocenters. The van der Waals surface area contributed by atoms with Gasteiger partial charge in [0.05, 0.1) is 39.4 Å². The maximum absolute atomic E-state index is 13.2. The Kier molecular flexibility index (Phi) is 9.57. The van der Waals surface area contributed by atoms with Gasteiger partial charge in [-0.2, -0.15) is 4.31 Å². The number of rotatable bonds is 12. The van der Waals surface area contributed by atoms with Crippen LogP contribution >= 0.6 is 0 Å². The number of carbonyl (C=O) groups is 1. The summed E-state index contributed by atoms with van der Waals surface area (Å²) in [6.45, 7) is 5.94. The molecule has 10 heteroatoms. The summed E-state index contributed by atoms with van der Waals surface area (Å²) >= 11 is 0. The van der Waals surface area contributed by atoms with Gasteiger partial charge in [0.25, 0.3) is 0 Å². The third-order valence-electron chi connectivity index (χ3n) is 5.32. The molecule has 2 aromatic carbocycles. The van der Waals surface area contributed by atoms with Crippen LogP contribution in [0.4, 0.5) is 0 Å². The molecule has 0 aromatic heterocycles. The zero-order valence-corrected chi connectivity index (χ0v) is 21.7. The highest BCUT2D eigenvalue weighted by atomic mass is 32.2. The van der Waals surface area contributed by atoms with Crippen molar-refractivity contribution in [3.63, 3.8) is 0 Å². The summed E-state index contributed by atoms with van der Waals surface area (Å²) in [6, 6.07) is 8.20. The van der Waals surface area contributed by atoms with Crippen molar-refractivity contribution in [2.75, 3.05) is 48.1 Å². The van der Waals surface area contributed by atoms with Gasteiger partial charge in [0.15, 0.2) is 11.5 Å². The Balaban J connectivity index is 2.20. The summed E-state index contributed by atoms with van der Waals surface area (Å²) in [4.78, 5) is 14.5. The topological polar surface area (TPSA) is 94.6 Å². The molecule has 0 aliphatic rings. The smallest absolute Gasteiger partial charge is 0.243 e. The molecule has 2 aromatic rings. The maximum atomic E-state index is 13.2. The van der Waals surface area contributed by atoms with Gasteiger partial charge in [-0.15, -0.1) is 0 Å². The number of carbonyl (C=O) groups excluding carboxylic acids is 1. The van der Waals surface area contributed by atoms with Crippen LogP contribution in [-0.2, 0) is 21.4 Å². The van der Waals surface area contributed by atoms with Crippen LogP contribution in [0, 0.1) is 6.92 Å². The molecule has 0 atom stereocenters. The predicted molar refractivity (Wildman–Crippen MR) is 129 cm³/mol. The highest BCUT2D eigenvalue weighted by Crippen LogP contribution is 2.38. The lowest BCUT2D eigenvalue weighted by atomic mass is 10.1. The summed E-state index contributed by atoms with van der Waals surface area (Å²) in [5, 5.41) is 0. The van der Waals surface area contributed by atoms with Gasteiger partial charge in [-0.3, -0.25) is 4.79 Å². The van der Waals surface area contributed by atoms with Crippen molar-refractivity contribution >= 4 is 15.9 Å². The molecule has 0 saturated carbocycles. The Hall–Kier alpha value is -2.98. The zero-order chi connectivity index (χ0) is 25.5. The van der Waals surface area contributed by atoms with Crippen LogP contribution in [0.2, 0.25) is 0 Å². The van der Waals surface area contributed by atoms with Gasteiger partial charge in [-0.05, 0) is 55.3 Å². The zero-order valence-electron chi connectivity index (χ0n) is 20.9. The van der Waals surface area contributed by atoms with Crippen LogP contribution in [0.25, 0.3) is 0 Å². The average Bonchev–Trinajstić information content (AvgIpc) is 2.82. The van der Waals surface area contributed by atoms with E-state index in [4.69, 9.17) is 18.9 Å². The van der Waals surface area contributed by atoms with E-state index in [1.165, 1.54) is 32.3 Å². The van der Waals surface area contributed by atoms with Crippen molar-refractivity contribution in [1.82, 2.24) is 9.21 Å². The first-order chi connectivity index (χ1) is 16.1. The highest BCUT2D eigenvalue weighted by molar-refractivity contribution is 7.89. The molecule has 0 radical (unpaired) electrons. The fourth-order valence-corrected chi connectivity index (χ4v) is 4.96. The molecule has 1 amide bonds. The van der Waals surface area contributed by atoms with E-state index in [0.29, 0.717) is 35.2 Å². The molecule has 0 heterocycles. The molecule has 188 valence electrons. The van der Waals surface area contributed by atoms with E-state index in [-0.39, 0.29) is 30.4 Å². The third kappa shape index (κ3) is 6.12. The van der Waals surface area contributed by atoms with Crippen molar-refractivity contribution < 1.29 is 32.2 Å². The number of likely N-dealkylation sites (N-methyl/N-ethyl adjacent to an activating group) is 2. The maximum Gasteiger partial charge on any atom is 0.243 e. The van der Waals surface area contributed by atoms with Crippen LogP contribution in [0.5, 0.6) is 23.0 Å². The van der Waals surface area contributed by atoms with Crippen molar-refractivity contribution in [2.24, 2.45) is 0 Å². The Labute approximate surface area is 202 Å². The van der Waals surface area contributed by atoms with E-state index in [0.717, 1.165) is 9.87 Å². The first-order valence-corrected chi connectivity index (χ1v) is 12.3. The van der Waals surface area contributed by atoms with Crippen molar-refractivity contribution in [3.05, 3.63) is 41.5 Å². The predicted octanol–water partition coefficient (Wildman–Crippen LogP) is 3.09. The number of nitrogens with zero attached hydrogens (tertiary/aromatic N) is 2. The standard InChI is InChI=1S/C24H34N2O7S/c1-8-26(34(28,29)19-10-11-20(33-9-2)17(3)12-19)16-23(27)25(4)15-18-13-21(30-5)24(32-7)22(14-18)31-6/h10-14H,8-9,15-16H2,1-7H3. The van der Waals surface area contributed by atoms with Crippen LogP contribution in [0.15, 0.2) is 35.2 Å². The third-order valence-corrected chi connectivity index (χ3v) is 7.24. The van der Waals surface area contributed by atoms with Gasteiger partial charge in [0.2, 0.25) is 21.7 Å². The molecule has 0 aliphatic heterocycles. The van der Waals surface area contributed by atoms with E-state index in [2.05, 4.69) is 0 Å². The monoisotopic (exact) mass is 494 g/mol. The van der Waals surface area contributed by atoms with E-state index in [1.54, 1.807) is 45.2 Å².